The predicted molar refractivity (Wildman–Crippen MR) is 76.6 cm³/mol. The highest BCUT2D eigenvalue weighted by molar-refractivity contribution is 7.99. The fourth-order valence-electron chi connectivity index (χ4n) is 2.21. The molecule has 1 aromatic carbocycles. The predicted octanol–water partition coefficient (Wildman–Crippen LogP) is 4.10. The van der Waals surface area contributed by atoms with Crippen LogP contribution in [0.1, 0.15) is 36.8 Å². The van der Waals surface area contributed by atoms with Crippen LogP contribution in [0.5, 0.6) is 0 Å². The molecule has 1 aromatic rings. The number of halogens is 1. The average Bonchev–Trinajstić information content (AvgIpc) is 2.88. The molecular formula is C15H17FO2S. The Balaban J connectivity index is 1.96. The van der Waals surface area contributed by atoms with E-state index in [-0.39, 0.29) is 5.82 Å². The molecule has 0 spiro atoms. The first kappa shape index (κ1) is 14.1. The van der Waals surface area contributed by atoms with Gasteiger partial charge in [-0.1, -0.05) is 25.0 Å². The van der Waals surface area contributed by atoms with E-state index < -0.39 is 5.97 Å². The smallest absolute Gasteiger partial charge is 0.328 e. The van der Waals surface area contributed by atoms with Crippen LogP contribution in [-0.4, -0.2) is 16.3 Å². The Morgan fingerprint density at radius 2 is 2.16 bits per heavy atom. The Kier molecular flexibility index (Phi) is 5.02. The summed E-state index contributed by atoms with van der Waals surface area (Å²) in [6.07, 6.45) is 7.48. The van der Waals surface area contributed by atoms with Crippen molar-refractivity contribution < 1.29 is 14.3 Å². The van der Waals surface area contributed by atoms with Crippen molar-refractivity contribution in [2.24, 2.45) is 0 Å². The molecule has 2 nitrogen and oxygen atoms in total. The van der Waals surface area contributed by atoms with Crippen LogP contribution in [0.2, 0.25) is 0 Å². The lowest BCUT2D eigenvalue weighted by Gasteiger charge is -2.09. The van der Waals surface area contributed by atoms with Crippen LogP contribution in [0.15, 0.2) is 24.3 Å². The summed E-state index contributed by atoms with van der Waals surface area (Å²) in [7, 11) is 0. The molecular weight excluding hydrogens is 263 g/mol. The zero-order valence-corrected chi connectivity index (χ0v) is 11.5. The molecule has 0 amide bonds. The summed E-state index contributed by atoms with van der Waals surface area (Å²) in [6, 6.07) is 4.90. The molecule has 0 heterocycles. The standard InChI is InChI=1S/C15H17FO2S/c16-14-9-11(6-8-15(17)18)5-7-12(14)10-19-13-3-1-2-4-13/h5-9,13H,1-4,10H2,(H,17,18). The van der Waals surface area contributed by atoms with Gasteiger partial charge in [-0.25, -0.2) is 9.18 Å². The molecule has 1 aliphatic carbocycles. The molecule has 2 rings (SSSR count). The van der Waals surface area contributed by atoms with Gasteiger partial charge in [0.2, 0.25) is 0 Å². The second-order valence-corrected chi connectivity index (χ2v) is 6.03. The van der Waals surface area contributed by atoms with E-state index in [1.165, 1.54) is 37.8 Å². The molecule has 0 bridgehead atoms. The van der Waals surface area contributed by atoms with Gasteiger partial charge in [-0.15, -0.1) is 0 Å². The minimum Gasteiger partial charge on any atom is -0.478 e. The zero-order valence-electron chi connectivity index (χ0n) is 10.6. The Labute approximate surface area is 116 Å². The lowest BCUT2D eigenvalue weighted by molar-refractivity contribution is -0.131. The molecule has 4 heteroatoms. The van der Waals surface area contributed by atoms with Gasteiger partial charge in [0.25, 0.3) is 0 Å². The van der Waals surface area contributed by atoms with E-state index in [2.05, 4.69) is 0 Å². The summed E-state index contributed by atoms with van der Waals surface area (Å²) >= 11 is 1.82. The molecule has 0 unspecified atom stereocenters. The van der Waals surface area contributed by atoms with Gasteiger partial charge in [0.1, 0.15) is 5.82 Å². The topological polar surface area (TPSA) is 37.3 Å². The lowest BCUT2D eigenvalue weighted by atomic mass is 10.1. The largest absolute Gasteiger partial charge is 0.478 e. The average molecular weight is 280 g/mol. The molecule has 19 heavy (non-hydrogen) atoms. The maximum absolute atomic E-state index is 13.9. The van der Waals surface area contributed by atoms with Gasteiger partial charge in [-0.05, 0) is 36.1 Å². The minimum atomic E-state index is -1.03. The Morgan fingerprint density at radius 3 is 2.79 bits per heavy atom. The summed E-state index contributed by atoms with van der Waals surface area (Å²) < 4.78 is 13.9. The normalized spacial score (nSPS) is 16.3. The van der Waals surface area contributed by atoms with Gasteiger partial charge in [0.15, 0.2) is 0 Å². The van der Waals surface area contributed by atoms with Crippen LogP contribution >= 0.6 is 11.8 Å². The van der Waals surface area contributed by atoms with Crippen LogP contribution in [-0.2, 0) is 10.5 Å². The molecule has 1 N–H and O–H groups in total. The molecule has 102 valence electrons. The van der Waals surface area contributed by atoms with Crippen molar-refractivity contribution in [2.75, 3.05) is 0 Å². The lowest BCUT2D eigenvalue weighted by Crippen LogP contribution is -1.97. The van der Waals surface area contributed by atoms with Crippen molar-refractivity contribution in [3.05, 3.63) is 41.2 Å². The fraction of sp³-hybridized carbons (Fsp3) is 0.400. The minimum absolute atomic E-state index is 0.252. The molecule has 0 aromatic heterocycles. The summed E-state index contributed by atoms with van der Waals surface area (Å²) in [5, 5.41) is 9.19. The molecule has 1 aliphatic rings. The van der Waals surface area contributed by atoms with Crippen LogP contribution in [0, 0.1) is 5.82 Å². The summed E-state index contributed by atoms with van der Waals surface area (Å²) in [6.45, 7) is 0. The molecule has 0 saturated heterocycles. The number of hydrogen-bond donors (Lipinski definition) is 1. The number of carboxylic acid groups (broad SMARTS) is 1. The third-order valence-corrected chi connectivity index (χ3v) is 4.69. The number of hydrogen-bond acceptors (Lipinski definition) is 2. The van der Waals surface area contributed by atoms with Gasteiger partial charge in [-0.3, -0.25) is 0 Å². The maximum Gasteiger partial charge on any atom is 0.328 e. The van der Waals surface area contributed by atoms with Crippen molar-refractivity contribution in [2.45, 2.75) is 36.7 Å². The van der Waals surface area contributed by atoms with E-state index in [1.54, 1.807) is 12.1 Å². The molecule has 0 radical (unpaired) electrons. The SMILES string of the molecule is O=C(O)C=Cc1ccc(CSC2CCCC2)c(F)c1. The second kappa shape index (κ2) is 6.75. The molecule has 1 saturated carbocycles. The van der Waals surface area contributed by atoms with Crippen molar-refractivity contribution in [1.29, 1.82) is 0 Å². The van der Waals surface area contributed by atoms with Crippen LogP contribution in [0.25, 0.3) is 6.08 Å². The van der Waals surface area contributed by atoms with E-state index in [0.29, 0.717) is 22.1 Å². The molecule has 1 fully saturated rings. The first-order chi connectivity index (χ1) is 9.15. The Morgan fingerprint density at radius 1 is 1.42 bits per heavy atom. The highest BCUT2D eigenvalue weighted by Gasteiger charge is 2.15. The maximum atomic E-state index is 13.9. The third-order valence-electron chi connectivity index (χ3n) is 3.27. The van der Waals surface area contributed by atoms with Gasteiger partial charge >= 0.3 is 5.97 Å². The number of benzene rings is 1. The van der Waals surface area contributed by atoms with E-state index in [0.717, 1.165) is 6.08 Å². The van der Waals surface area contributed by atoms with Crippen molar-refractivity contribution in [3.8, 4) is 0 Å². The summed E-state index contributed by atoms with van der Waals surface area (Å²) in [5.41, 5.74) is 1.28. The van der Waals surface area contributed by atoms with Crippen molar-refractivity contribution in [3.63, 3.8) is 0 Å². The number of aliphatic carboxylic acids is 1. The molecule has 0 atom stereocenters. The monoisotopic (exact) mass is 280 g/mol. The second-order valence-electron chi connectivity index (χ2n) is 4.74. The van der Waals surface area contributed by atoms with E-state index in [9.17, 15) is 9.18 Å². The van der Waals surface area contributed by atoms with E-state index in [1.807, 2.05) is 11.8 Å². The van der Waals surface area contributed by atoms with Gasteiger partial charge in [0.05, 0.1) is 0 Å². The quantitative estimate of drug-likeness (QED) is 0.825. The fourth-order valence-corrected chi connectivity index (χ4v) is 3.53. The number of carboxylic acids is 1. The zero-order chi connectivity index (χ0) is 13.7. The van der Waals surface area contributed by atoms with Crippen molar-refractivity contribution in [1.82, 2.24) is 0 Å². The van der Waals surface area contributed by atoms with Crippen LogP contribution < -0.4 is 0 Å². The Bertz CT molecular complexity index is 479. The van der Waals surface area contributed by atoms with Gasteiger partial charge < -0.3 is 5.11 Å². The van der Waals surface area contributed by atoms with E-state index >= 15 is 0 Å². The first-order valence-electron chi connectivity index (χ1n) is 6.46. The van der Waals surface area contributed by atoms with Crippen LogP contribution in [0.3, 0.4) is 0 Å². The summed E-state index contributed by atoms with van der Waals surface area (Å²) in [4.78, 5) is 10.4. The highest BCUT2D eigenvalue weighted by atomic mass is 32.2. The Hall–Kier alpha value is -1.29. The van der Waals surface area contributed by atoms with Gasteiger partial charge in [0, 0.05) is 17.1 Å². The summed E-state index contributed by atoms with van der Waals surface area (Å²) in [5.74, 6) is -0.585. The van der Waals surface area contributed by atoms with Crippen molar-refractivity contribution >= 4 is 23.8 Å². The molecule has 0 aliphatic heterocycles. The van der Waals surface area contributed by atoms with Gasteiger partial charge in [-0.2, -0.15) is 11.8 Å². The van der Waals surface area contributed by atoms with E-state index in [4.69, 9.17) is 5.11 Å². The highest BCUT2D eigenvalue weighted by Crippen LogP contribution is 2.32. The number of thioether (sulfide) groups is 1. The number of carbonyl (C=O) groups is 1. The first-order valence-corrected chi connectivity index (χ1v) is 7.51. The third kappa shape index (κ3) is 4.39. The number of rotatable bonds is 5. The van der Waals surface area contributed by atoms with Crippen LogP contribution in [0.4, 0.5) is 4.39 Å².